The smallest absolute Gasteiger partial charge is 0.264 e. The zero-order valence-corrected chi connectivity index (χ0v) is 29.3. The molecule has 1 saturated heterocycles. The Kier molecular flexibility index (Phi) is 20.7. The third kappa shape index (κ3) is 15.4. The zero-order valence-electron chi connectivity index (χ0n) is 29.3. The maximum atomic E-state index is 13.1. The second kappa shape index (κ2) is 25.0. The van der Waals surface area contributed by atoms with E-state index in [9.17, 15) is 19.2 Å². The summed E-state index contributed by atoms with van der Waals surface area (Å²) in [4.78, 5) is 50.8. The lowest BCUT2D eigenvalue weighted by atomic mass is 10.0. The maximum Gasteiger partial charge on any atom is 0.264 e. The van der Waals surface area contributed by atoms with Crippen LogP contribution in [0.15, 0.2) is 18.2 Å². The molecule has 0 aromatic heterocycles. The highest BCUT2D eigenvalue weighted by atomic mass is 16.6. The van der Waals surface area contributed by atoms with Crippen LogP contribution >= 0.6 is 0 Å². The summed E-state index contributed by atoms with van der Waals surface area (Å²) in [5, 5.41) is 5.33. The number of anilines is 1. The van der Waals surface area contributed by atoms with Gasteiger partial charge in [-0.05, 0) is 32.4 Å². The van der Waals surface area contributed by atoms with E-state index in [-0.39, 0.29) is 30.1 Å². The number of imide groups is 2. The number of nitrogens with zero attached hydrogens (tertiary/aromatic N) is 1. The molecule has 0 bridgehead atoms. The molecule has 0 radical (unpaired) electrons. The van der Waals surface area contributed by atoms with Gasteiger partial charge in [0.05, 0.1) is 130 Å². The van der Waals surface area contributed by atoms with Gasteiger partial charge in [-0.15, -0.1) is 0 Å². The first kappa shape index (κ1) is 41.4. The maximum absolute atomic E-state index is 13.1. The van der Waals surface area contributed by atoms with E-state index in [1.54, 1.807) is 18.2 Å². The number of carbonyl (C=O) groups excluding carboxylic acids is 4. The van der Waals surface area contributed by atoms with Gasteiger partial charge in [0.25, 0.3) is 11.8 Å². The Morgan fingerprint density at radius 2 is 1.12 bits per heavy atom. The van der Waals surface area contributed by atoms with Gasteiger partial charge in [-0.25, -0.2) is 0 Å². The van der Waals surface area contributed by atoms with Crippen LogP contribution in [-0.4, -0.2) is 160 Å². The van der Waals surface area contributed by atoms with Crippen molar-refractivity contribution in [2.24, 2.45) is 0 Å². The number of fused-ring (bicyclic) bond motifs is 1. The fourth-order valence-corrected chi connectivity index (χ4v) is 4.90. The van der Waals surface area contributed by atoms with Gasteiger partial charge in [-0.3, -0.25) is 29.4 Å². The fraction of sp³-hybridized carbons (Fsp3) is 0.706. The van der Waals surface area contributed by atoms with Crippen LogP contribution in [0.5, 0.6) is 0 Å². The van der Waals surface area contributed by atoms with Crippen LogP contribution in [0.2, 0.25) is 0 Å². The van der Waals surface area contributed by atoms with Crippen molar-refractivity contribution in [2.45, 2.75) is 38.8 Å². The van der Waals surface area contributed by atoms with Crippen molar-refractivity contribution in [2.75, 3.05) is 124 Å². The van der Waals surface area contributed by atoms with Crippen LogP contribution in [0, 0.1) is 0 Å². The van der Waals surface area contributed by atoms with Crippen molar-refractivity contribution in [3.63, 3.8) is 0 Å². The molecule has 3 rings (SSSR count). The van der Waals surface area contributed by atoms with Gasteiger partial charge in [0.2, 0.25) is 11.8 Å². The second-order valence-electron chi connectivity index (χ2n) is 11.4. The normalized spacial score (nSPS) is 16.1. The zero-order chi connectivity index (χ0) is 35.8. The molecular weight excluding hydrogens is 658 g/mol. The molecular formula is C34H53N3O13. The SMILES string of the molecule is CC(C)OCCOCCOCCOCCOCCOCCOCCOCCOCCNc1cccc2c1C(=O)N(C1CCC(=O)NC1=O)C2=O. The highest BCUT2D eigenvalue weighted by molar-refractivity contribution is 6.25. The number of hydrogen-bond acceptors (Lipinski definition) is 14. The first-order chi connectivity index (χ1) is 24.4. The Balaban J connectivity index is 1.06. The third-order valence-corrected chi connectivity index (χ3v) is 7.31. The van der Waals surface area contributed by atoms with Crippen molar-refractivity contribution >= 4 is 29.3 Å². The molecule has 0 spiro atoms. The topological polar surface area (TPSA) is 179 Å². The summed E-state index contributed by atoms with van der Waals surface area (Å²) in [7, 11) is 0. The van der Waals surface area contributed by atoms with Crippen molar-refractivity contribution in [1.29, 1.82) is 0 Å². The van der Waals surface area contributed by atoms with Gasteiger partial charge >= 0.3 is 0 Å². The minimum Gasteiger partial charge on any atom is -0.382 e. The summed E-state index contributed by atoms with van der Waals surface area (Å²) >= 11 is 0. The Morgan fingerprint density at radius 3 is 1.58 bits per heavy atom. The first-order valence-corrected chi connectivity index (χ1v) is 17.2. The minimum atomic E-state index is -1.01. The first-order valence-electron chi connectivity index (χ1n) is 17.2. The molecule has 1 fully saturated rings. The summed E-state index contributed by atoms with van der Waals surface area (Å²) in [6, 6.07) is 3.91. The molecule has 1 unspecified atom stereocenters. The van der Waals surface area contributed by atoms with Crippen molar-refractivity contribution in [3.05, 3.63) is 29.3 Å². The van der Waals surface area contributed by atoms with Gasteiger partial charge in [0, 0.05) is 18.7 Å². The van der Waals surface area contributed by atoms with E-state index < -0.39 is 29.7 Å². The lowest BCUT2D eigenvalue weighted by Gasteiger charge is -2.27. The molecule has 0 aliphatic carbocycles. The summed E-state index contributed by atoms with van der Waals surface area (Å²) in [6.07, 6.45) is 0.390. The molecule has 1 atom stereocenters. The molecule has 2 heterocycles. The van der Waals surface area contributed by atoms with Crippen molar-refractivity contribution in [3.8, 4) is 0 Å². The highest BCUT2D eigenvalue weighted by Gasteiger charge is 2.45. The van der Waals surface area contributed by atoms with Crippen LogP contribution in [0.3, 0.4) is 0 Å². The van der Waals surface area contributed by atoms with E-state index in [2.05, 4.69) is 10.6 Å². The lowest BCUT2D eigenvalue weighted by Crippen LogP contribution is -2.54. The summed E-state index contributed by atoms with van der Waals surface area (Å²) in [5.41, 5.74) is 0.914. The number of hydrogen-bond donors (Lipinski definition) is 2. The fourth-order valence-electron chi connectivity index (χ4n) is 4.90. The number of carbonyl (C=O) groups is 4. The third-order valence-electron chi connectivity index (χ3n) is 7.31. The van der Waals surface area contributed by atoms with Crippen molar-refractivity contribution < 1.29 is 61.8 Å². The quantitative estimate of drug-likeness (QED) is 0.0855. The second-order valence-corrected chi connectivity index (χ2v) is 11.4. The van der Waals surface area contributed by atoms with Crippen LogP contribution < -0.4 is 10.6 Å². The average molecular weight is 712 g/mol. The molecule has 2 aliphatic rings. The molecule has 16 nitrogen and oxygen atoms in total. The summed E-state index contributed by atoms with van der Waals surface area (Å²) in [6.45, 7) is 12.4. The predicted molar refractivity (Wildman–Crippen MR) is 179 cm³/mol. The van der Waals surface area contributed by atoms with E-state index in [1.165, 1.54) is 0 Å². The average Bonchev–Trinajstić information content (AvgIpc) is 3.35. The van der Waals surface area contributed by atoms with Gasteiger partial charge in [-0.1, -0.05) is 6.07 Å². The van der Waals surface area contributed by atoms with Gasteiger partial charge in [0.15, 0.2) is 0 Å². The van der Waals surface area contributed by atoms with Crippen LogP contribution in [-0.2, 0) is 52.2 Å². The van der Waals surface area contributed by atoms with E-state index in [0.29, 0.717) is 125 Å². The number of amides is 4. The van der Waals surface area contributed by atoms with Gasteiger partial charge in [0.1, 0.15) is 6.04 Å². The number of rotatable bonds is 30. The standard InChI is InChI=1S/C34H53N3O13/c1-26(2)50-25-24-49-23-22-48-21-20-47-19-18-46-17-16-45-15-14-44-13-12-43-11-10-42-9-8-35-28-5-3-4-27-31(28)34(41)37(33(27)40)29-6-7-30(38)36-32(29)39/h3-5,26,29,35H,6-25H2,1-2H3,(H,36,38,39). The summed E-state index contributed by atoms with van der Waals surface area (Å²) < 4.78 is 49.2. The Hall–Kier alpha value is -3.06. The molecule has 0 saturated carbocycles. The molecule has 2 N–H and O–H groups in total. The molecule has 50 heavy (non-hydrogen) atoms. The molecule has 16 heteroatoms. The Morgan fingerprint density at radius 1 is 0.660 bits per heavy atom. The number of piperidine rings is 1. The molecule has 2 aliphatic heterocycles. The van der Waals surface area contributed by atoms with Gasteiger partial charge < -0.3 is 47.9 Å². The van der Waals surface area contributed by atoms with E-state index in [0.717, 1.165) is 4.90 Å². The number of benzene rings is 1. The van der Waals surface area contributed by atoms with Gasteiger partial charge in [-0.2, -0.15) is 0 Å². The van der Waals surface area contributed by atoms with Crippen molar-refractivity contribution in [1.82, 2.24) is 10.2 Å². The van der Waals surface area contributed by atoms with Crippen LogP contribution in [0.4, 0.5) is 5.69 Å². The van der Waals surface area contributed by atoms with E-state index in [4.69, 9.17) is 42.6 Å². The Bertz CT molecular complexity index is 1170. The summed E-state index contributed by atoms with van der Waals surface area (Å²) in [5.74, 6) is -2.16. The highest BCUT2D eigenvalue weighted by Crippen LogP contribution is 2.32. The largest absolute Gasteiger partial charge is 0.382 e. The van der Waals surface area contributed by atoms with E-state index >= 15 is 0 Å². The molecule has 1 aromatic carbocycles. The monoisotopic (exact) mass is 711 g/mol. The number of nitrogens with one attached hydrogen (secondary N) is 2. The minimum absolute atomic E-state index is 0.0680. The molecule has 1 aromatic rings. The van der Waals surface area contributed by atoms with Crippen LogP contribution in [0.25, 0.3) is 0 Å². The number of ether oxygens (including phenoxy) is 9. The lowest BCUT2D eigenvalue weighted by molar-refractivity contribution is -0.136. The van der Waals surface area contributed by atoms with E-state index in [1.807, 2.05) is 13.8 Å². The van der Waals surface area contributed by atoms with Crippen LogP contribution in [0.1, 0.15) is 47.4 Å². The molecule has 4 amide bonds. The predicted octanol–water partition coefficient (Wildman–Crippen LogP) is 1.06. The molecule has 282 valence electrons. The Labute approximate surface area is 293 Å².